The molecule has 0 amide bonds. The van der Waals surface area contributed by atoms with E-state index in [-0.39, 0.29) is 9.86 Å². The zero-order valence-electron chi connectivity index (χ0n) is 10.7. The van der Waals surface area contributed by atoms with Gasteiger partial charge in [0.05, 0.1) is 0 Å². The third-order valence-electron chi connectivity index (χ3n) is 3.57. The zero-order valence-corrected chi connectivity index (χ0v) is 11.5. The molecule has 0 saturated heterocycles. The van der Waals surface area contributed by atoms with E-state index in [4.69, 9.17) is 0 Å². The maximum absolute atomic E-state index is 11.8. The molecule has 0 atom stereocenters. The lowest BCUT2D eigenvalue weighted by Gasteiger charge is -2.33. The average Bonchev–Trinajstić information content (AvgIpc) is 2.22. The van der Waals surface area contributed by atoms with Gasteiger partial charge in [0.25, 0.3) is 0 Å². The highest BCUT2D eigenvalue weighted by atomic mass is 32.2. The summed E-state index contributed by atoms with van der Waals surface area (Å²) in [7, 11) is 0. The van der Waals surface area contributed by atoms with Crippen LogP contribution >= 0.6 is 11.8 Å². The molecule has 0 aliphatic heterocycles. The second-order valence-corrected chi connectivity index (χ2v) is 6.42. The van der Waals surface area contributed by atoms with E-state index in [2.05, 4.69) is 13.5 Å². The second-order valence-electron chi connectivity index (χ2n) is 4.97. The monoisotopic (exact) mass is 240 g/mol. The number of hydrogen-bond acceptors (Lipinski definition) is 2. The van der Waals surface area contributed by atoms with E-state index in [1.807, 2.05) is 6.92 Å². The predicted octanol–water partition coefficient (Wildman–Crippen LogP) is 4.72. The van der Waals surface area contributed by atoms with Gasteiger partial charge in [-0.25, -0.2) is 0 Å². The van der Waals surface area contributed by atoms with Crippen LogP contribution in [0.4, 0.5) is 0 Å². The maximum atomic E-state index is 11.8. The Balaban J connectivity index is 2.65. The van der Waals surface area contributed by atoms with Crippen LogP contribution in [0.3, 0.4) is 0 Å². The summed E-state index contributed by atoms with van der Waals surface area (Å²) in [6.07, 6.45) is 10.1. The Morgan fingerprint density at radius 3 is 2.12 bits per heavy atom. The van der Waals surface area contributed by atoms with Crippen LogP contribution in [0.2, 0.25) is 0 Å². The summed E-state index contributed by atoms with van der Waals surface area (Å²) in [6.45, 7) is 7.80. The van der Waals surface area contributed by atoms with Crippen molar-refractivity contribution in [3.63, 3.8) is 0 Å². The minimum absolute atomic E-state index is 0.197. The van der Waals surface area contributed by atoms with Gasteiger partial charge in [-0.15, -0.1) is 0 Å². The Labute approximate surface area is 104 Å². The van der Waals surface area contributed by atoms with Gasteiger partial charge in [0.1, 0.15) is 0 Å². The van der Waals surface area contributed by atoms with Crippen LogP contribution < -0.4 is 0 Å². The Bertz CT molecular complexity index is 249. The molecular weight excluding hydrogens is 216 g/mol. The van der Waals surface area contributed by atoms with Crippen LogP contribution in [0, 0.1) is 0 Å². The van der Waals surface area contributed by atoms with E-state index in [0.717, 1.165) is 6.42 Å². The fourth-order valence-corrected chi connectivity index (χ4v) is 3.57. The van der Waals surface area contributed by atoms with E-state index < -0.39 is 0 Å². The number of hydrogen-bond donors (Lipinski definition) is 0. The summed E-state index contributed by atoms with van der Waals surface area (Å²) in [4.78, 5) is 11.8. The van der Waals surface area contributed by atoms with Crippen molar-refractivity contribution < 1.29 is 4.79 Å². The van der Waals surface area contributed by atoms with Gasteiger partial charge in [-0.05, 0) is 31.8 Å². The predicted molar refractivity (Wildman–Crippen MR) is 72.8 cm³/mol. The first-order valence-electron chi connectivity index (χ1n) is 6.48. The topological polar surface area (TPSA) is 17.1 Å². The molecule has 1 saturated carbocycles. The molecule has 1 aliphatic rings. The SMILES string of the molecule is C=C(C)C(=O)SC1(CC)CCCCCCC1. The maximum Gasteiger partial charge on any atom is 0.214 e. The van der Waals surface area contributed by atoms with Crippen molar-refractivity contribution in [2.75, 3.05) is 0 Å². The Morgan fingerprint density at radius 2 is 1.69 bits per heavy atom. The van der Waals surface area contributed by atoms with Gasteiger partial charge in [-0.3, -0.25) is 4.79 Å². The van der Waals surface area contributed by atoms with Gasteiger partial charge in [0.2, 0.25) is 5.12 Å². The third-order valence-corrected chi connectivity index (χ3v) is 5.23. The number of carbonyl (C=O) groups excluding carboxylic acids is 1. The van der Waals surface area contributed by atoms with Gasteiger partial charge in [0, 0.05) is 4.75 Å². The lowest BCUT2D eigenvalue weighted by atomic mass is 9.88. The molecule has 0 unspecified atom stereocenters. The molecule has 16 heavy (non-hydrogen) atoms. The smallest absolute Gasteiger partial charge is 0.214 e. The standard InChI is InChI=1S/C14H24OS/c1-4-14(16-13(15)12(2)3)10-8-6-5-7-9-11-14/h2,4-11H2,1,3H3. The quantitative estimate of drug-likeness (QED) is 0.664. The van der Waals surface area contributed by atoms with Gasteiger partial charge in [-0.2, -0.15) is 0 Å². The highest BCUT2D eigenvalue weighted by molar-refractivity contribution is 8.15. The molecule has 0 aromatic rings. The Morgan fingerprint density at radius 1 is 1.19 bits per heavy atom. The van der Waals surface area contributed by atoms with Crippen molar-refractivity contribution in [3.05, 3.63) is 12.2 Å². The third kappa shape index (κ3) is 3.97. The lowest BCUT2D eigenvalue weighted by Crippen LogP contribution is -2.27. The van der Waals surface area contributed by atoms with Crippen molar-refractivity contribution in [1.29, 1.82) is 0 Å². The second kappa shape index (κ2) is 6.48. The molecule has 0 heterocycles. The fourth-order valence-electron chi connectivity index (χ4n) is 2.36. The van der Waals surface area contributed by atoms with Crippen LogP contribution in [0.25, 0.3) is 0 Å². The summed E-state index contributed by atoms with van der Waals surface area (Å²) in [5.41, 5.74) is 0.694. The fraction of sp³-hybridized carbons (Fsp3) is 0.786. The Kier molecular flexibility index (Phi) is 5.60. The minimum Gasteiger partial charge on any atom is -0.282 e. The van der Waals surface area contributed by atoms with Crippen molar-refractivity contribution in [3.8, 4) is 0 Å². The van der Waals surface area contributed by atoms with Crippen LogP contribution in [-0.2, 0) is 4.79 Å². The van der Waals surface area contributed by atoms with E-state index in [9.17, 15) is 4.79 Å². The molecule has 2 heteroatoms. The molecule has 0 bridgehead atoms. The first-order valence-corrected chi connectivity index (χ1v) is 7.30. The molecule has 1 nitrogen and oxygen atoms in total. The summed E-state index contributed by atoms with van der Waals surface area (Å²) in [6, 6.07) is 0. The molecule has 1 fully saturated rings. The molecule has 0 aromatic heterocycles. The largest absolute Gasteiger partial charge is 0.282 e. The van der Waals surface area contributed by atoms with Gasteiger partial charge in [0.15, 0.2) is 0 Å². The van der Waals surface area contributed by atoms with E-state index in [0.29, 0.717) is 5.57 Å². The van der Waals surface area contributed by atoms with Gasteiger partial charge >= 0.3 is 0 Å². The number of carbonyl (C=O) groups is 1. The number of rotatable bonds is 3. The van der Waals surface area contributed by atoms with Crippen molar-refractivity contribution >= 4 is 16.9 Å². The first kappa shape index (κ1) is 13.8. The molecular formula is C14H24OS. The normalized spacial score (nSPS) is 20.9. The average molecular weight is 240 g/mol. The summed E-state index contributed by atoms with van der Waals surface area (Å²) >= 11 is 1.56. The van der Waals surface area contributed by atoms with Crippen LogP contribution in [-0.4, -0.2) is 9.86 Å². The van der Waals surface area contributed by atoms with Crippen LogP contribution in [0.1, 0.15) is 65.2 Å². The van der Waals surface area contributed by atoms with E-state index >= 15 is 0 Å². The van der Waals surface area contributed by atoms with E-state index in [1.165, 1.54) is 44.9 Å². The van der Waals surface area contributed by atoms with Crippen molar-refractivity contribution in [2.24, 2.45) is 0 Å². The first-order chi connectivity index (χ1) is 7.59. The molecule has 0 N–H and O–H groups in total. The molecule has 0 aromatic carbocycles. The lowest BCUT2D eigenvalue weighted by molar-refractivity contribution is -0.107. The van der Waals surface area contributed by atoms with Crippen molar-refractivity contribution in [2.45, 2.75) is 70.0 Å². The van der Waals surface area contributed by atoms with E-state index in [1.54, 1.807) is 11.8 Å². The molecule has 92 valence electrons. The minimum atomic E-state index is 0.197. The molecule has 1 aliphatic carbocycles. The molecule has 1 rings (SSSR count). The van der Waals surface area contributed by atoms with Crippen LogP contribution in [0.5, 0.6) is 0 Å². The van der Waals surface area contributed by atoms with Crippen molar-refractivity contribution in [1.82, 2.24) is 0 Å². The van der Waals surface area contributed by atoms with Crippen LogP contribution in [0.15, 0.2) is 12.2 Å². The van der Waals surface area contributed by atoms with Gasteiger partial charge < -0.3 is 0 Å². The summed E-state index contributed by atoms with van der Waals surface area (Å²) in [5.74, 6) is 0. The summed E-state index contributed by atoms with van der Waals surface area (Å²) in [5, 5.41) is 0.197. The number of thioether (sulfide) groups is 1. The highest BCUT2D eigenvalue weighted by Gasteiger charge is 2.31. The summed E-state index contributed by atoms with van der Waals surface area (Å²) < 4.78 is 0.205. The van der Waals surface area contributed by atoms with Gasteiger partial charge in [-0.1, -0.05) is 57.4 Å². The molecule has 0 radical (unpaired) electrons. The zero-order chi connectivity index (χ0) is 12.0. The Hall–Kier alpha value is -0.240. The highest BCUT2D eigenvalue weighted by Crippen LogP contribution is 2.41. The molecule has 0 spiro atoms.